The molecule has 126 valence electrons. The minimum Gasteiger partial charge on any atom is -0.341 e. The van der Waals surface area contributed by atoms with Gasteiger partial charge in [-0.1, -0.05) is 0 Å². The highest BCUT2D eigenvalue weighted by Crippen LogP contribution is 2.23. The molecule has 0 N–H and O–H groups in total. The van der Waals surface area contributed by atoms with E-state index in [1.54, 1.807) is 11.3 Å². The third-order valence-corrected chi connectivity index (χ3v) is 5.67. The number of carbonyl (C=O) groups is 1. The molecule has 6 heteroatoms. The van der Waals surface area contributed by atoms with Gasteiger partial charge in [0.25, 0.3) is 5.91 Å². The smallest absolute Gasteiger partial charge is 0.254 e. The van der Waals surface area contributed by atoms with Crippen LogP contribution >= 0.6 is 11.3 Å². The molecule has 2 aromatic rings. The van der Waals surface area contributed by atoms with E-state index in [9.17, 15) is 4.79 Å². The minimum atomic E-state index is 0.134. The van der Waals surface area contributed by atoms with Crippen LogP contribution in [-0.4, -0.2) is 47.0 Å². The second-order valence-electron chi connectivity index (χ2n) is 6.53. The van der Waals surface area contributed by atoms with Crippen LogP contribution in [0.25, 0.3) is 0 Å². The summed E-state index contributed by atoms with van der Waals surface area (Å²) in [7, 11) is 0. The Morgan fingerprint density at radius 1 is 1.12 bits per heavy atom. The third kappa shape index (κ3) is 2.90. The molecule has 4 rings (SSSR count). The number of hydrogen-bond acceptors (Lipinski definition) is 5. The highest BCUT2D eigenvalue weighted by molar-refractivity contribution is 7.08. The molecule has 1 amide bonds. The molecule has 4 heterocycles. The number of rotatable bonds is 2. The van der Waals surface area contributed by atoms with Crippen LogP contribution in [-0.2, 0) is 12.8 Å². The summed E-state index contributed by atoms with van der Waals surface area (Å²) < 4.78 is 0. The molecule has 1 fully saturated rings. The Labute approximate surface area is 146 Å². The molecule has 0 saturated carbocycles. The van der Waals surface area contributed by atoms with Crippen molar-refractivity contribution in [1.29, 1.82) is 0 Å². The highest BCUT2D eigenvalue weighted by Gasteiger charge is 2.24. The van der Waals surface area contributed by atoms with Crippen molar-refractivity contribution in [2.24, 2.45) is 0 Å². The van der Waals surface area contributed by atoms with Crippen LogP contribution in [0.1, 0.15) is 40.2 Å². The Morgan fingerprint density at radius 3 is 2.67 bits per heavy atom. The van der Waals surface area contributed by atoms with Crippen molar-refractivity contribution in [2.45, 2.75) is 32.6 Å². The lowest BCUT2D eigenvalue weighted by atomic mass is 10.1. The number of hydrogen-bond donors (Lipinski definition) is 0. The summed E-state index contributed by atoms with van der Waals surface area (Å²) in [5.74, 6) is 1.01. The van der Waals surface area contributed by atoms with Crippen molar-refractivity contribution in [3.63, 3.8) is 0 Å². The van der Waals surface area contributed by atoms with Gasteiger partial charge in [-0.25, -0.2) is 9.97 Å². The number of thiophene rings is 1. The molecule has 0 unspecified atom stereocenters. The molecule has 0 aromatic carbocycles. The van der Waals surface area contributed by atoms with Crippen molar-refractivity contribution in [3.05, 3.63) is 39.3 Å². The molecule has 0 bridgehead atoms. The summed E-state index contributed by atoms with van der Waals surface area (Å²) in [6.07, 6.45) is 4.11. The molecule has 1 saturated heterocycles. The number of aromatic nitrogens is 2. The lowest BCUT2D eigenvalue weighted by molar-refractivity contribution is 0.0763. The number of aryl methyl sites for hydroxylation is 1. The summed E-state index contributed by atoms with van der Waals surface area (Å²) in [6, 6.07) is 1.90. The summed E-state index contributed by atoms with van der Waals surface area (Å²) in [6.45, 7) is 5.67. The van der Waals surface area contributed by atoms with Crippen molar-refractivity contribution < 1.29 is 4.79 Å². The van der Waals surface area contributed by atoms with E-state index in [4.69, 9.17) is 9.97 Å². The first kappa shape index (κ1) is 15.6. The van der Waals surface area contributed by atoms with Crippen LogP contribution < -0.4 is 4.90 Å². The summed E-state index contributed by atoms with van der Waals surface area (Å²) in [5, 5.41) is 3.88. The normalized spacial score (nSPS) is 17.7. The quantitative estimate of drug-likeness (QED) is 0.842. The van der Waals surface area contributed by atoms with E-state index < -0.39 is 0 Å². The van der Waals surface area contributed by atoms with Gasteiger partial charge in [-0.3, -0.25) is 4.79 Å². The van der Waals surface area contributed by atoms with Crippen LogP contribution in [0.4, 0.5) is 5.95 Å². The Balaban J connectivity index is 1.56. The van der Waals surface area contributed by atoms with Gasteiger partial charge in [-0.2, -0.15) is 11.3 Å². The van der Waals surface area contributed by atoms with Crippen LogP contribution in [0.5, 0.6) is 0 Å². The summed E-state index contributed by atoms with van der Waals surface area (Å²) in [5.41, 5.74) is 4.24. The van der Waals surface area contributed by atoms with Gasteiger partial charge in [-0.05, 0) is 43.2 Å². The monoisotopic (exact) mass is 342 g/mol. The van der Waals surface area contributed by atoms with Gasteiger partial charge in [0.1, 0.15) is 0 Å². The van der Waals surface area contributed by atoms with Crippen LogP contribution in [0.3, 0.4) is 0 Å². The fraction of sp³-hybridized carbons (Fsp3) is 0.500. The molecule has 2 aliphatic heterocycles. The van der Waals surface area contributed by atoms with E-state index in [1.165, 1.54) is 18.4 Å². The molecule has 2 aromatic heterocycles. The fourth-order valence-corrected chi connectivity index (χ4v) is 4.23. The zero-order chi connectivity index (χ0) is 16.5. The Morgan fingerprint density at radius 2 is 1.92 bits per heavy atom. The van der Waals surface area contributed by atoms with E-state index in [1.807, 2.05) is 21.7 Å². The number of fused-ring (bicyclic) bond motifs is 1. The lowest BCUT2D eigenvalue weighted by Gasteiger charge is -2.19. The average molecular weight is 342 g/mol. The third-order valence-electron chi connectivity index (χ3n) is 4.98. The molecular weight excluding hydrogens is 320 g/mol. The van der Waals surface area contributed by atoms with Gasteiger partial charge in [0.15, 0.2) is 0 Å². The maximum atomic E-state index is 12.6. The molecule has 0 atom stereocenters. The highest BCUT2D eigenvalue weighted by atomic mass is 32.1. The largest absolute Gasteiger partial charge is 0.341 e. The van der Waals surface area contributed by atoms with Gasteiger partial charge in [0, 0.05) is 43.7 Å². The Hall–Kier alpha value is -1.95. The van der Waals surface area contributed by atoms with Crippen molar-refractivity contribution in [3.8, 4) is 0 Å². The first-order valence-electron chi connectivity index (χ1n) is 8.65. The number of anilines is 1. The summed E-state index contributed by atoms with van der Waals surface area (Å²) in [4.78, 5) is 26.4. The first-order chi connectivity index (χ1) is 11.7. The second kappa shape index (κ2) is 6.51. The first-order valence-corrected chi connectivity index (χ1v) is 9.59. The molecule has 5 nitrogen and oxygen atoms in total. The summed E-state index contributed by atoms with van der Waals surface area (Å²) >= 11 is 1.57. The standard InChI is InChI=1S/C18H22N4OS/c1-13-15-4-9-21(17(23)14-6-11-24-12-14)10-5-16(15)20-18(19-13)22-7-2-3-8-22/h6,11-12H,2-5,7-10H2,1H3. The Bertz CT molecular complexity index is 738. The average Bonchev–Trinajstić information content (AvgIpc) is 3.25. The zero-order valence-corrected chi connectivity index (χ0v) is 14.8. The predicted octanol–water partition coefficient (Wildman–Crippen LogP) is 2.69. The molecule has 0 spiro atoms. The maximum Gasteiger partial charge on any atom is 0.254 e. The molecular formula is C18H22N4OS. The van der Waals surface area contributed by atoms with Gasteiger partial charge >= 0.3 is 0 Å². The number of nitrogens with zero attached hydrogens (tertiary/aromatic N) is 4. The van der Waals surface area contributed by atoms with E-state index in [2.05, 4.69) is 11.8 Å². The van der Waals surface area contributed by atoms with E-state index in [-0.39, 0.29) is 5.91 Å². The van der Waals surface area contributed by atoms with E-state index in [0.29, 0.717) is 0 Å². The minimum absolute atomic E-state index is 0.134. The van der Waals surface area contributed by atoms with Crippen molar-refractivity contribution in [2.75, 3.05) is 31.1 Å². The van der Waals surface area contributed by atoms with Crippen LogP contribution in [0.2, 0.25) is 0 Å². The van der Waals surface area contributed by atoms with Gasteiger partial charge in [-0.15, -0.1) is 0 Å². The Kier molecular flexibility index (Phi) is 4.22. The topological polar surface area (TPSA) is 49.3 Å². The van der Waals surface area contributed by atoms with Crippen LogP contribution in [0.15, 0.2) is 16.8 Å². The maximum absolute atomic E-state index is 12.6. The molecule has 2 aliphatic rings. The number of carbonyl (C=O) groups excluding carboxylic acids is 1. The van der Waals surface area contributed by atoms with Crippen LogP contribution in [0, 0.1) is 6.92 Å². The van der Waals surface area contributed by atoms with Crippen molar-refractivity contribution >= 4 is 23.2 Å². The fourth-order valence-electron chi connectivity index (χ4n) is 3.60. The van der Waals surface area contributed by atoms with E-state index in [0.717, 1.165) is 61.9 Å². The SMILES string of the molecule is Cc1nc(N2CCCC2)nc2c1CCN(C(=O)c1ccsc1)CC2. The van der Waals surface area contributed by atoms with E-state index >= 15 is 0 Å². The van der Waals surface area contributed by atoms with Gasteiger partial charge < -0.3 is 9.80 Å². The molecule has 0 radical (unpaired) electrons. The predicted molar refractivity (Wildman–Crippen MR) is 95.8 cm³/mol. The van der Waals surface area contributed by atoms with Crippen molar-refractivity contribution in [1.82, 2.24) is 14.9 Å². The van der Waals surface area contributed by atoms with Gasteiger partial charge in [0.05, 0.1) is 11.3 Å². The zero-order valence-electron chi connectivity index (χ0n) is 14.0. The second-order valence-corrected chi connectivity index (χ2v) is 7.31. The number of amides is 1. The van der Waals surface area contributed by atoms with Gasteiger partial charge in [0.2, 0.25) is 5.95 Å². The molecule has 24 heavy (non-hydrogen) atoms. The molecule has 0 aliphatic carbocycles. The lowest BCUT2D eigenvalue weighted by Crippen LogP contribution is -2.33.